The highest BCUT2D eigenvalue weighted by molar-refractivity contribution is 5.74. The number of hydrogen-bond donors (Lipinski definition) is 1. The Labute approximate surface area is 141 Å². The summed E-state index contributed by atoms with van der Waals surface area (Å²) in [5.41, 5.74) is -3.48. The van der Waals surface area contributed by atoms with Gasteiger partial charge >= 0.3 is 12.4 Å². The van der Waals surface area contributed by atoms with E-state index in [4.69, 9.17) is 5.26 Å². The van der Waals surface area contributed by atoms with Gasteiger partial charge in [0.05, 0.1) is 5.56 Å². The van der Waals surface area contributed by atoms with Crippen LogP contribution in [0.5, 0.6) is 11.5 Å². The maximum Gasteiger partial charge on any atom is 0.422 e. The Kier molecular flexibility index (Phi) is 5.02. The van der Waals surface area contributed by atoms with Gasteiger partial charge in [-0.3, -0.25) is 0 Å². The monoisotopic (exact) mass is 379 g/mol. The Morgan fingerprint density at radius 2 is 1.69 bits per heavy atom. The lowest BCUT2D eigenvalue weighted by atomic mass is 9.97. The molecule has 0 amide bonds. The van der Waals surface area contributed by atoms with Gasteiger partial charge < -0.3 is 9.84 Å². The van der Waals surface area contributed by atoms with Gasteiger partial charge in [-0.25, -0.2) is 4.39 Å². The molecule has 0 spiro atoms. The molecule has 2 aromatic rings. The summed E-state index contributed by atoms with van der Waals surface area (Å²) in [6.07, 6.45) is -9.76. The van der Waals surface area contributed by atoms with E-state index in [1.165, 1.54) is 6.07 Å². The molecule has 0 saturated heterocycles. The highest BCUT2D eigenvalue weighted by atomic mass is 19.4. The lowest BCUT2D eigenvalue weighted by molar-refractivity contribution is -0.153. The molecule has 2 rings (SSSR count). The van der Waals surface area contributed by atoms with Crippen LogP contribution in [-0.4, -0.2) is 17.9 Å². The first kappa shape index (κ1) is 19.4. The van der Waals surface area contributed by atoms with Gasteiger partial charge in [-0.2, -0.15) is 31.6 Å². The molecule has 0 heterocycles. The zero-order valence-corrected chi connectivity index (χ0v) is 12.5. The van der Waals surface area contributed by atoms with Gasteiger partial charge in [-0.1, -0.05) is 0 Å². The molecule has 0 saturated carbocycles. The third-order valence-electron chi connectivity index (χ3n) is 3.18. The first-order valence-electron chi connectivity index (χ1n) is 6.76. The molecule has 0 aliphatic rings. The van der Waals surface area contributed by atoms with Gasteiger partial charge in [-0.15, -0.1) is 0 Å². The average Bonchev–Trinajstić information content (AvgIpc) is 2.51. The summed E-state index contributed by atoms with van der Waals surface area (Å²) in [7, 11) is 0. The van der Waals surface area contributed by atoms with Crippen molar-refractivity contribution in [3.8, 4) is 28.7 Å². The van der Waals surface area contributed by atoms with Crippen LogP contribution in [0.2, 0.25) is 0 Å². The fourth-order valence-corrected chi connectivity index (χ4v) is 2.14. The SMILES string of the molecule is N#Cc1c(O)cc(-c2cc(F)ccc2OCC(F)(F)F)cc1C(F)(F)F. The Hall–Kier alpha value is -2.96. The average molecular weight is 379 g/mol. The first-order chi connectivity index (χ1) is 11.9. The van der Waals surface area contributed by atoms with Gasteiger partial charge in [0.15, 0.2) is 6.61 Å². The summed E-state index contributed by atoms with van der Waals surface area (Å²) >= 11 is 0. The topological polar surface area (TPSA) is 53.2 Å². The number of ether oxygens (including phenoxy) is 1. The summed E-state index contributed by atoms with van der Waals surface area (Å²) < 4.78 is 94.2. The fraction of sp³-hybridized carbons (Fsp3) is 0.188. The number of rotatable bonds is 3. The van der Waals surface area contributed by atoms with E-state index in [9.17, 15) is 35.8 Å². The number of alkyl halides is 6. The highest BCUT2D eigenvalue weighted by Crippen LogP contribution is 2.41. The Morgan fingerprint density at radius 1 is 1.04 bits per heavy atom. The molecule has 10 heteroatoms. The molecule has 0 aromatic heterocycles. The van der Waals surface area contributed by atoms with E-state index in [1.54, 1.807) is 0 Å². The standard InChI is InChI=1S/C16H8F7NO2/c17-9-1-2-14(26-7-15(18,19)20)10(5-9)8-3-12(16(21,22)23)11(6-24)13(25)4-8/h1-5,25H,7H2. The van der Waals surface area contributed by atoms with Gasteiger partial charge in [0.2, 0.25) is 0 Å². The summed E-state index contributed by atoms with van der Waals surface area (Å²) in [5.74, 6) is -2.54. The van der Waals surface area contributed by atoms with Gasteiger partial charge in [-0.05, 0) is 35.9 Å². The molecule has 0 aliphatic carbocycles. The molecule has 0 fully saturated rings. The van der Waals surface area contributed by atoms with Gasteiger partial charge in [0, 0.05) is 5.56 Å². The summed E-state index contributed by atoms with van der Waals surface area (Å²) in [5, 5.41) is 18.5. The van der Waals surface area contributed by atoms with Gasteiger partial charge in [0.1, 0.15) is 28.9 Å². The van der Waals surface area contributed by atoms with E-state index < -0.39 is 58.5 Å². The van der Waals surface area contributed by atoms with Crippen LogP contribution in [0, 0.1) is 17.1 Å². The quantitative estimate of drug-likeness (QED) is 0.761. The van der Waals surface area contributed by atoms with Crippen LogP contribution in [0.1, 0.15) is 11.1 Å². The lowest BCUT2D eigenvalue weighted by Crippen LogP contribution is -2.19. The van der Waals surface area contributed by atoms with Crippen molar-refractivity contribution in [1.82, 2.24) is 0 Å². The predicted molar refractivity (Wildman–Crippen MR) is 74.8 cm³/mol. The molecule has 138 valence electrons. The van der Waals surface area contributed by atoms with Gasteiger partial charge in [0.25, 0.3) is 0 Å². The third-order valence-corrected chi connectivity index (χ3v) is 3.18. The van der Waals surface area contributed by atoms with Crippen molar-refractivity contribution in [2.45, 2.75) is 12.4 Å². The summed E-state index contributed by atoms with van der Waals surface area (Å²) in [4.78, 5) is 0. The number of benzene rings is 2. The molecule has 0 unspecified atom stereocenters. The maximum absolute atomic E-state index is 13.5. The zero-order chi connectivity index (χ0) is 19.7. The van der Waals surface area contributed by atoms with Crippen molar-refractivity contribution >= 4 is 0 Å². The van der Waals surface area contributed by atoms with Crippen LogP contribution in [0.4, 0.5) is 30.7 Å². The predicted octanol–water partition coefficient (Wildman–Crippen LogP) is 5.03. The fourth-order valence-electron chi connectivity index (χ4n) is 2.14. The third kappa shape index (κ3) is 4.36. The van der Waals surface area contributed by atoms with Crippen molar-refractivity contribution in [2.75, 3.05) is 6.61 Å². The van der Waals surface area contributed by atoms with Crippen molar-refractivity contribution in [1.29, 1.82) is 5.26 Å². The van der Waals surface area contributed by atoms with E-state index in [0.717, 1.165) is 12.1 Å². The molecule has 26 heavy (non-hydrogen) atoms. The van der Waals surface area contributed by atoms with Crippen molar-refractivity contribution < 1.29 is 40.6 Å². The first-order valence-corrected chi connectivity index (χ1v) is 6.76. The zero-order valence-electron chi connectivity index (χ0n) is 12.5. The Balaban J connectivity index is 2.63. The number of halogens is 7. The largest absolute Gasteiger partial charge is 0.507 e. The molecule has 3 nitrogen and oxygen atoms in total. The number of hydrogen-bond acceptors (Lipinski definition) is 3. The molecule has 0 aliphatic heterocycles. The highest BCUT2D eigenvalue weighted by Gasteiger charge is 2.36. The Bertz CT molecular complexity index is 867. The van der Waals surface area contributed by atoms with E-state index in [-0.39, 0.29) is 0 Å². The number of nitrogens with zero attached hydrogens (tertiary/aromatic N) is 1. The van der Waals surface area contributed by atoms with Crippen LogP contribution in [0.15, 0.2) is 30.3 Å². The minimum absolute atomic E-state index is 0.424. The summed E-state index contributed by atoms with van der Waals surface area (Å²) in [6.45, 7) is -1.75. The number of phenols is 1. The molecule has 1 N–H and O–H groups in total. The normalized spacial score (nSPS) is 11.9. The molecule has 0 atom stereocenters. The van der Waals surface area contributed by atoms with Crippen LogP contribution in [-0.2, 0) is 6.18 Å². The Morgan fingerprint density at radius 3 is 2.23 bits per heavy atom. The maximum atomic E-state index is 13.5. The van der Waals surface area contributed by atoms with Crippen LogP contribution >= 0.6 is 0 Å². The second-order valence-corrected chi connectivity index (χ2v) is 5.07. The molecular formula is C16H8F7NO2. The van der Waals surface area contributed by atoms with Crippen molar-refractivity contribution in [2.24, 2.45) is 0 Å². The van der Waals surface area contributed by atoms with Crippen LogP contribution < -0.4 is 4.74 Å². The van der Waals surface area contributed by atoms with E-state index >= 15 is 0 Å². The second-order valence-electron chi connectivity index (χ2n) is 5.07. The summed E-state index contributed by atoms with van der Waals surface area (Å²) in [6, 6.07) is 4.58. The number of nitriles is 1. The minimum Gasteiger partial charge on any atom is -0.507 e. The van der Waals surface area contributed by atoms with Crippen LogP contribution in [0.3, 0.4) is 0 Å². The minimum atomic E-state index is -5.03. The van der Waals surface area contributed by atoms with Crippen molar-refractivity contribution in [3.05, 3.63) is 47.3 Å². The molecular weight excluding hydrogens is 371 g/mol. The van der Waals surface area contributed by atoms with Crippen molar-refractivity contribution in [3.63, 3.8) is 0 Å². The smallest absolute Gasteiger partial charge is 0.422 e. The van der Waals surface area contributed by atoms with E-state index in [2.05, 4.69) is 4.74 Å². The van der Waals surface area contributed by atoms with E-state index in [0.29, 0.717) is 18.2 Å². The molecule has 2 aromatic carbocycles. The molecule has 0 radical (unpaired) electrons. The second kappa shape index (κ2) is 6.74. The number of phenolic OH excluding ortho intramolecular Hbond substituents is 1. The molecule has 0 bridgehead atoms. The van der Waals surface area contributed by atoms with E-state index in [1.807, 2.05) is 0 Å². The van der Waals surface area contributed by atoms with Crippen LogP contribution in [0.25, 0.3) is 11.1 Å². The lowest BCUT2D eigenvalue weighted by Gasteiger charge is -2.16. The number of aromatic hydroxyl groups is 1.